The van der Waals surface area contributed by atoms with Gasteiger partial charge in [0.25, 0.3) is 5.56 Å². The maximum Gasteiger partial charge on any atom is 0.415 e. The van der Waals surface area contributed by atoms with Crippen molar-refractivity contribution in [2.45, 2.75) is 83.5 Å². The number of primary amides is 1. The summed E-state index contributed by atoms with van der Waals surface area (Å²) in [5.74, 6) is 0.122. The summed E-state index contributed by atoms with van der Waals surface area (Å²) in [5.41, 5.74) is 3.05. The zero-order valence-corrected chi connectivity index (χ0v) is 25.0. The topological polar surface area (TPSA) is 122 Å². The number of aliphatic hydroxyl groups is 1. The lowest BCUT2D eigenvalue weighted by molar-refractivity contribution is -0.596. The molecule has 4 aliphatic heterocycles. The second kappa shape index (κ2) is 10.8. The molecule has 2 fully saturated rings. The molecule has 0 spiro atoms. The molecule has 10 nitrogen and oxygen atoms in total. The Bertz CT molecular complexity index is 1690. The fourth-order valence-electron chi connectivity index (χ4n) is 7.69. The smallest absolute Gasteiger partial charge is 0.410 e. The summed E-state index contributed by atoms with van der Waals surface area (Å²) in [6.45, 7) is 8.16. The first kappa shape index (κ1) is 28.2. The van der Waals surface area contributed by atoms with Gasteiger partial charge in [-0.25, -0.2) is 14.6 Å². The summed E-state index contributed by atoms with van der Waals surface area (Å²) in [4.78, 5) is 48.8. The van der Waals surface area contributed by atoms with Crippen molar-refractivity contribution in [3.8, 4) is 17.1 Å². The van der Waals surface area contributed by atoms with Crippen molar-refractivity contribution in [1.29, 1.82) is 0 Å². The van der Waals surface area contributed by atoms with Gasteiger partial charge in [-0.2, -0.15) is 0 Å². The van der Waals surface area contributed by atoms with E-state index in [0.717, 1.165) is 34.9 Å². The molecule has 3 N–H and O–H groups in total. The predicted molar refractivity (Wildman–Crippen MR) is 161 cm³/mol. The van der Waals surface area contributed by atoms with E-state index in [4.69, 9.17) is 9.72 Å². The molecule has 4 aliphatic rings. The van der Waals surface area contributed by atoms with Crippen molar-refractivity contribution in [2.75, 3.05) is 26.2 Å². The van der Waals surface area contributed by atoms with Gasteiger partial charge in [0.15, 0.2) is 0 Å². The van der Waals surface area contributed by atoms with Crippen molar-refractivity contribution in [2.24, 2.45) is 0 Å². The number of nitrogens with zero attached hydrogens (tertiary/aromatic N) is 4. The predicted octanol–water partition coefficient (Wildman–Crippen LogP) is 2.64. The molecule has 0 saturated carbocycles. The van der Waals surface area contributed by atoms with Crippen molar-refractivity contribution in [3.63, 3.8) is 0 Å². The Labute approximate surface area is 250 Å². The molecule has 1 aromatic carbocycles. The van der Waals surface area contributed by atoms with Crippen molar-refractivity contribution in [1.82, 2.24) is 19.4 Å². The second-order valence-electron chi connectivity index (χ2n) is 12.4. The number of nitrogens with two attached hydrogens (primary N) is 1. The summed E-state index contributed by atoms with van der Waals surface area (Å²) in [7, 11) is 0. The Morgan fingerprint density at radius 2 is 1.84 bits per heavy atom. The largest absolute Gasteiger partial charge is 0.415 e. The van der Waals surface area contributed by atoms with E-state index >= 15 is 0 Å². The number of hydrogen-bond acceptors (Lipinski definition) is 7. The van der Waals surface area contributed by atoms with Crippen LogP contribution in [0.5, 0.6) is 5.75 Å². The van der Waals surface area contributed by atoms with E-state index < -0.39 is 5.60 Å². The van der Waals surface area contributed by atoms with Crippen LogP contribution in [0.4, 0.5) is 4.79 Å². The standard InChI is InChI=1S/C33H39N5O5/c1-3-22-23-16-21(43-32(41)37-14-10-20(11-15-37)36-12-6-5-7-13-36)8-9-27(23)35-29-25(22)19-38-28(29)17-26-24(30(38)39)18-34-31(40)33(26,42)4-2/h8-9,16-17,20,42H,3-7,10-15,18-19H2,1-2H3,(H,34,40)/p+1. The first-order valence-corrected chi connectivity index (χ1v) is 15.9. The molecule has 2 amide bonds. The van der Waals surface area contributed by atoms with Gasteiger partial charge in [-0.1, -0.05) is 20.3 Å². The monoisotopic (exact) mass is 586 g/mol. The minimum atomic E-state index is -1.70. The number of piperidine rings is 2. The van der Waals surface area contributed by atoms with Crippen LogP contribution in [0.15, 0.2) is 29.1 Å². The Balaban J connectivity index is 1.16. The van der Waals surface area contributed by atoms with Crippen LogP contribution in [0.3, 0.4) is 0 Å². The van der Waals surface area contributed by atoms with Gasteiger partial charge in [0.1, 0.15) is 12.3 Å². The third-order valence-electron chi connectivity index (χ3n) is 10.2. The minimum absolute atomic E-state index is 0.189. The number of hydrogen-bond donors (Lipinski definition) is 2. The van der Waals surface area contributed by atoms with Crippen LogP contribution in [-0.4, -0.2) is 68.7 Å². The number of carbonyl (C=O) groups excluding carboxylic acids is 2. The summed E-state index contributed by atoms with van der Waals surface area (Å²) in [5, 5.41) is 13.6. The number of rotatable bonds is 4. The molecule has 3 aromatic rings. The van der Waals surface area contributed by atoms with Gasteiger partial charge in [0.05, 0.1) is 29.0 Å². The molecule has 0 aliphatic carbocycles. The number of amides is 2. The number of fused-ring (bicyclic) bond motifs is 5. The molecule has 10 heteroatoms. The van der Waals surface area contributed by atoms with E-state index in [1.165, 1.54) is 37.7 Å². The highest BCUT2D eigenvalue weighted by Crippen LogP contribution is 2.39. The number of aryl methyl sites for hydroxylation is 1. The molecular weight excluding hydrogens is 546 g/mol. The van der Waals surface area contributed by atoms with Gasteiger partial charge in [0.2, 0.25) is 5.60 Å². The summed E-state index contributed by atoms with van der Waals surface area (Å²) < 4.78 is 7.59. The van der Waals surface area contributed by atoms with Gasteiger partial charge in [-0.05, 0) is 81.4 Å². The fraction of sp³-hybridized carbons (Fsp3) is 0.515. The van der Waals surface area contributed by atoms with Gasteiger partial charge in [-0.15, -0.1) is 0 Å². The highest BCUT2D eigenvalue weighted by molar-refractivity contribution is 5.90. The maximum absolute atomic E-state index is 13.6. The molecule has 43 heavy (non-hydrogen) atoms. The first-order chi connectivity index (χ1) is 20.8. The Hall–Kier alpha value is -3.60. The van der Waals surface area contributed by atoms with E-state index in [0.29, 0.717) is 60.4 Å². The van der Waals surface area contributed by atoms with Crippen LogP contribution in [0.25, 0.3) is 22.3 Å². The molecule has 0 bridgehead atoms. The van der Waals surface area contributed by atoms with Gasteiger partial charge < -0.3 is 24.2 Å². The molecule has 7 rings (SSSR count). The first-order valence-electron chi connectivity index (χ1n) is 15.9. The zero-order valence-electron chi connectivity index (χ0n) is 25.0. The van der Waals surface area contributed by atoms with E-state index in [1.807, 2.05) is 17.0 Å². The van der Waals surface area contributed by atoms with Gasteiger partial charge in [-0.3, -0.25) is 10.1 Å². The normalized spacial score (nSPS) is 22.4. The molecule has 1 unspecified atom stereocenters. The van der Waals surface area contributed by atoms with E-state index in [9.17, 15) is 19.5 Å². The molecule has 6 heterocycles. The van der Waals surface area contributed by atoms with E-state index in [-0.39, 0.29) is 30.5 Å². The summed E-state index contributed by atoms with van der Waals surface area (Å²) in [6, 6.07) is 7.88. The quantitative estimate of drug-likeness (QED) is 0.377. The highest BCUT2D eigenvalue weighted by Gasteiger charge is 2.47. The lowest BCUT2D eigenvalue weighted by atomic mass is 9.84. The highest BCUT2D eigenvalue weighted by atomic mass is 16.6. The van der Waals surface area contributed by atoms with Crippen LogP contribution in [0.1, 0.15) is 74.6 Å². The molecule has 2 aromatic heterocycles. The third-order valence-corrected chi connectivity index (χ3v) is 10.2. The SMILES string of the molecule is CCc1c2c(nc3ccc(OC(=O)N4CCC(N5CCCCC5)CC4)cc13)-c1cc3c(c(=O)n1C2)C[NH2+]C(=O)C3(O)CC. The van der Waals surface area contributed by atoms with Crippen molar-refractivity contribution >= 4 is 22.9 Å². The number of carbonyl (C=O) groups is 2. The van der Waals surface area contributed by atoms with Crippen molar-refractivity contribution < 1.29 is 24.7 Å². The average Bonchev–Trinajstić information content (AvgIpc) is 3.41. The van der Waals surface area contributed by atoms with Crippen LogP contribution in [0.2, 0.25) is 0 Å². The lowest BCUT2D eigenvalue weighted by Gasteiger charge is -2.39. The van der Waals surface area contributed by atoms with E-state index in [1.54, 1.807) is 23.6 Å². The maximum atomic E-state index is 13.6. The fourth-order valence-corrected chi connectivity index (χ4v) is 7.69. The number of pyridine rings is 2. The minimum Gasteiger partial charge on any atom is -0.410 e. The van der Waals surface area contributed by atoms with Crippen LogP contribution in [0, 0.1) is 0 Å². The van der Waals surface area contributed by atoms with Crippen LogP contribution < -0.4 is 15.6 Å². The number of quaternary nitrogens is 1. The second-order valence-corrected chi connectivity index (χ2v) is 12.4. The average molecular weight is 587 g/mol. The Morgan fingerprint density at radius 3 is 2.56 bits per heavy atom. The number of aromatic nitrogens is 2. The number of likely N-dealkylation sites (tertiary alicyclic amines) is 2. The zero-order chi connectivity index (χ0) is 29.9. The number of benzene rings is 1. The summed E-state index contributed by atoms with van der Waals surface area (Å²) >= 11 is 0. The van der Waals surface area contributed by atoms with Crippen LogP contribution in [-0.2, 0) is 29.9 Å². The van der Waals surface area contributed by atoms with Crippen LogP contribution >= 0.6 is 0 Å². The molecule has 0 radical (unpaired) electrons. The lowest BCUT2D eigenvalue weighted by Crippen LogP contribution is -2.92. The molecule has 226 valence electrons. The summed E-state index contributed by atoms with van der Waals surface area (Å²) in [6.07, 6.45) is 6.41. The third kappa shape index (κ3) is 4.58. The number of ether oxygens (including phenoxy) is 1. The van der Waals surface area contributed by atoms with Gasteiger partial charge in [0, 0.05) is 35.6 Å². The van der Waals surface area contributed by atoms with Gasteiger partial charge >= 0.3 is 12.0 Å². The molecule has 1 atom stereocenters. The Morgan fingerprint density at radius 1 is 1.07 bits per heavy atom. The Kier molecular flexibility index (Phi) is 7.10. The molecule has 2 saturated heterocycles. The van der Waals surface area contributed by atoms with Crippen molar-refractivity contribution in [3.05, 3.63) is 56.9 Å². The molecular formula is C33H40N5O5+. The van der Waals surface area contributed by atoms with E-state index in [2.05, 4.69) is 11.8 Å².